The highest BCUT2D eigenvalue weighted by atomic mass is 32.2. The molecule has 0 aromatic rings. The molecule has 0 radical (unpaired) electrons. The van der Waals surface area contributed by atoms with Crippen LogP contribution in [0.4, 0.5) is 0 Å². The quantitative estimate of drug-likeness (QED) is 0.729. The molecule has 0 heterocycles. The third-order valence-corrected chi connectivity index (χ3v) is 3.74. The lowest BCUT2D eigenvalue weighted by atomic mass is 10.1. The molecule has 1 N–H and O–H groups in total. The van der Waals surface area contributed by atoms with Gasteiger partial charge in [-0.25, -0.2) is 0 Å². The van der Waals surface area contributed by atoms with Gasteiger partial charge in [0.1, 0.15) is 5.25 Å². The van der Waals surface area contributed by atoms with Gasteiger partial charge in [-0.1, -0.05) is 27.7 Å². The van der Waals surface area contributed by atoms with Gasteiger partial charge in [0.2, 0.25) is 0 Å². The number of rotatable bonds is 4. The molecule has 0 aliphatic heterocycles. The Morgan fingerprint density at radius 3 is 1.75 bits per heavy atom. The molecule has 0 aliphatic rings. The fraction of sp³-hybridized carbons (Fsp3) is 0.875. The molecule has 0 saturated carbocycles. The van der Waals surface area contributed by atoms with E-state index in [0.717, 1.165) is 0 Å². The zero-order valence-electron chi connectivity index (χ0n) is 7.90. The van der Waals surface area contributed by atoms with Crippen molar-refractivity contribution in [2.75, 3.05) is 0 Å². The molecule has 0 aromatic heterocycles. The largest absolute Gasteiger partial charge is 0.480 e. The van der Waals surface area contributed by atoms with Crippen LogP contribution in [0, 0.1) is 5.92 Å². The number of carbonyl (C=O) groups is 1. The Morgan fingerprint density at radius 2 is 1.67 bits per heavy atom. The Balaban J connectivity index is 4.52. The lowest BCUT2D eigenvalue weighted by molar-refractivity contribution is -0.137. The SMILES string of the molecule is CC(C)C(C(=O)O)S(=O)C(C)C. The lowest BCUT2D eigenvalue weighted by Gasteiger charge is -2.17. The lowest BCUT2D eigenvalue weighted by Crippen LogP contribution is -2.34. The van der Waals surface area contributed by atoms with Gasteiger partial charge in [-0.2, -0.15) is 0 Å². The highest BCUT2D eigenvalue weighted by Crippen LogP contribution is 2.13. The summed E-state index contributed by atoms with van der Waals surface area (Å²) in [6, 6.07) is 0. The highest BCUT2D eigenvalue weighted by molar-refractivity contribution is 7.87. The first kappa shape index (κ1) is 11.6. The van der Waals surface area contributed by atoms with Crippen molar-refractivity contribution in [3.63, 3.8) is 0 Å². The molecule has 0 aliphatic carbocycles. The number of hydrogen-bond donors (Lipinski definition) is 1. The first-order chi connectivity index (χ1) is 5.37. The summed E-state index contributed by atoms with van der Waals surface area (Å²) in [5.41, 5.74) is 0. The van der Waals surface area contributed by atoms with Crippen molar-refractivity contribution in [3.8, 4) is 0 Å². The van der Waals surface area contributed by atoms with Crippen LogP contribution in [0.1, 0.15) is 27.7 Å². The van der Waals surface area contributed by atoms with Crippen LogP contribution in [0.25, 0.3) is 0 Å². The summed E-state index contributed by atoms with van der Waals surface area (Å²) in [4.78, 5) is 10.7. The molecule has 0 rings (SSSR count). The Kier molecular flexibility index (Phi) is 4.45. The van der Waals surface area contributed by atoms with E-state index in [9.17, 15) is 9.00 Å². The highest BCUT2D eigenvalue weighted by Gasteiger charge is 2.29. The van der Waals surface area contributed by atoms with E-state index in [-0.39, 0.29) is 11.2 Å². The normalized spacial score (nSPS) is 16.5. The predicted octanol–water partition coefficient (Wildman–Crippen LogP) is 1.25. The average Bonchev–Trinajstić information content (AvgIpc) is 1.85. The monoisotopic (exact) mass is 192 g/mol. The molecule has 2 unspecified atom stereocenters. The zero-order valence-corrected chi connectivity index (χ0v) is 8.72. The van der Waals surface area contributed by atoms with E-state index in [0.29, 0.717) is 0 Å². The smallest absolute Gasteiger partial charge is 0.319 e. The molecule has 0 spiro atoms. The van der Waals surface area contributed by atoms with Gasteiger partial charge in [-0.3, -0.25) is 9.00 Å². The number of carboxylic acid groups (broad SMARTS) is 1. The van der Waals surface area contributed by atoms with E-state index in [1.54, 1.807) is 27.7 Å². The summed E-state index contributed by atoms with van der Waals surface area (Å²) in [5.74, 6) is -1.04. The van der Waals surface area contributed by atoms with Crippen LogP contribution in [0.5, 0.6) is 0 Å². The van der Waals surface area contributed by atoms with Crippen molar-refractivity contribution < 1.29 is 14.1 Å². The van der Waals surface area contributed by atoms with Crippen molar-refractivity contribution in [1.82, 2.24) is 0 Å². The second kappa shape index (κ2) is 4.60. The molecule has 72 valence electrons. The van der Waals surface area contributed by atoms with Gasteiger partial charge in [-0.05, 0) is 5.92 Å². The van der Waals surface area contributed by atoms with Crippen molar-refractivity contribution in [1.29, 1.82) is 0 Å². The number of aliphatic carboxylic acids is 1. The van der Waals surface area contributed by atoms with Crippen LogP contribution in [-0.2, 0) is 15.6 Å². The summed E-state index contributed by atoms with van der Waals surface area (Å²) in [6.07, 6.45) is 0. The van der Waals surface area contributed by atoms with Crippen LogP contribution >= 0.6 is 0 Å². The molecular weight excluding hydrogens is 176 g/mol. The van der Waals surface area contributed by atoms with Gasteiger partial charge < -0.3 is 5.11 Å². The van der Waals surface area contributed by atoms with Crippen molar-refractivity contribution in [3.05, 3.63) is 0 Å². The summed E-state index contributed by atoms with van der Waals surface area (Å²) in [5, 5.41) is 7.95. The molecule has 4 heteroatoms. The molecule has 2 atom stereocenters. The maximum Gasteiger partial charge on any atom is 0.319 e. The van der Waals surface area contributed by atoms with Crippen LogP contribution in [0.15, 0.2) is 0 Å². The molecule has 0 amide bonds. The number of hydrogen-bond acceptors (Lipinski definition) is 2. The second-order valence-electron chi connectivity index (χ2n) is 3.38. The van der Waals surface area contributed by atoms with Crippen LogP contribution in [0.3, 0.4) is 0 Å². The third kappa shape index (κ3) is 2.93. The van der Waals surface area contributed by atoms with E-state index in [2.05, 4.69) is 0 Å². The third-order valence-electron chi connectivity index (χ3n) is 1.56. The van der Waals surface area contributed by atoms with Crippen LogP contribution in [0.2, 0.25) is 0 Å². The standard InChI is InChI=1S/C8H16O3S/c1-5(2)7(8(9)10)12(11)6(3)4/h5-7H,1-4H3,(H,9,10). The van der Waals surface area contributed by atoms with E-state index in [1.165, 1.54) is 0 Å². The minimum Gasteiger partial charge on any atom is -0.480 e. The zero-order chi connectivity index (χ0) is 9.89. The maximum atomic E-state index is 11.5. The van der Waals surface area contributed by atoms with Crippen molar-refractivity contribution >= 4 is 16.8 Å². The molecule has 0 bridgehead atoms. The first-order valence-corrected chi connectivity index (χ1v) is 5.27. The molecular formula is C8H16O3S. The van der Waals surface area contributed by atoms with Crippen molar-refractivity contribution in [2.24, 2.45) is 5.92 Å². The average molecular weight is 192 g/mol. The van der Waals surface area contributed by atoms with E-state index < -0.39 is 22.0 Å². The van der Waals surface area contributed by atoms with Gasteiger partial charge in [0.25, 0.3) is 0 Å². The molecule has 0 fully saturated rings. The van der Waals surface area contributed by atoms with Gasteiger partial charge in [-0.15, -0.1) is 0 Å². The summed E-state index contributed by atoms with van der Waals surface area (Å²) >= 11 is 0. The first-order valence-electron chi connectivity index (χ1n) is 4.00. The molecule has 0 saturated heterocycles. The van der Waals surface area contributed by atoms with E-state index >= 15 is 0 Å². The van der Waals surface area contributed by atoms with E-state index in [4.69, 9.17) is 5.11 Å². The fourth-order valence-electron chi connectivity index (χ4n) is 0.946. The molecule has 12 heavy (non-hydrogen) atoms. The van der Waals surface area contributed by atoms with Gasteiger partial charge >= 0.3 is 5.97 Å². The topological polar surface area (TPSA) is 54.4 Å². The van der Waals surface area contributed by atoms with Gasteiger partial charge in [0.15, 0.2) is 0 Å². The summed E-state index contributed by atoms with van der Waals surface area (Å²) in [7, 11) is -1.27. The molecule has 3 nitrogen and oxygen atoms in total. The minimum atomic E-state index is -1.27. The number of carboxylic acids is 1. The maximum absolute atomic E-state index is 11.5. The minimum absolute atomic E-state index is 0.0780. The van der Waals surface area contributed by atoms with Crippen LogP contribution in [-0.4, -0.2) is 25.8 Å². The molecule has 0 aromatic carbocycles. The van der Waals surface area contributed by atoms with E-state index in [1.807, 2.05) is 0 Å². The van der Waals surface area contributed by atoms with Crippen LogP contribution < -0.4 is 0 Å². The fourth-order valence-corrected chi connectivity index (χ4v) is 2.27. The Hall–Kier alpha value is -0.380. The summed E-state index contributed by atoms with van der Waals surface area (Å²) < 4.78 is 11.5. The Morgan fingerprint density at radius 1 is 1.25 bits per heavy atom. The Bertz CT molecular complexity index is 187. The van der Waals surface area contributed by atoms with Gasteiger partial charge in [0.05, 0.1) is 0 Å². The second-order valence-corrected chi connectivity index (χ2v) is 5.49. The summed E-state index contributed by atoms with van der Waals surface area (Å²) in [6.45, 7) is 7.10. The van der Waals surface area contributed by atoms with Crippen molar-refractivity contribution in [2.45, 2.75) is 38.2 Å². The predicted molar refractivity (Wildman–Crippen MR) is 49.5 cm³/mol. The van der Waals surface area contributed by atoms with Gasteiger partial charge in [0, 0.05) is 16.0 Å². The Labute approximate surface area is 75.6 Å².